The molecule has 0 saturated carbocycles. The van der Waals surface area contributed by atoms with Crippen molar-refractivity contribution in [1.82, 2.24) is 0 Å². The minimum atomic E-state index is -4.07. The van der Waals surface area contributed by atoms with Gasteiger partial charge in [0.15, 0.2) is 0 Å². The Bertz CT molecular complexity index is 1350. The molecule has 3 rings (SSSR count). The van der Waals surface area contributed by atoms with Gasteiger partial charge in [-0.2, -0.15) is 0 Å². The summed E-state index contributed by atoms with van der Waals surface area (Å²) < 4.78 is 39.5. The quantitative estimate of drug-likeness (QED) is 0.211. The molecule has 0 unspecified atom stereocenters. The molecular weight excluding hydrogens is 474 g/mol. The fourth-order valence-electron chi connectivity index (χ4n) is 3.79. The van der Waals surface area contributed by atoms with E-state index in [1.165, 1.54) is 30.7 Å². The first kappa shape index (κ1) is 26.8. The largest absolute Gasteiger partial charge is 0.497 e. The number of ether oxygens (including phenoxy) is 2. The summed E-state index contributed by atoms with van der Waals surface area (Å²) in [5.74, 6) is 6.13. The lowest BCUT2D eigenvalue weighted by Gasteiger charge is -2.28. The maximum atomic E-state index is 14.0. The van der Waals surface area contributed by atoms with Gasteiger partial charge in [0.05, 0.1) is 36.9 Å². The van der Waals surface area contributed by atoms with E-state index in [1.54, 1.807) is 25.1 Å². The molecule has 7 heteroatoms. The number of sulfonamides is 1. The molecule has 0 aliphatic heterocycles. The minimum Gasteiger partial charge on any atom is -0.497 e. The molecule has 3 aromatic carbocycles. The van der Waals surface area contributed by atoms with E-state index in [1.807, 2.05) is 36.4 Å². The van der Waals surface area contributed by atoms with E-state index in [9.17, 15) is 13.2 Å². The van der Waals surface area contributed by atoms with Gasteiger partial charge in [-0.1, -0.05) is 55.5 Å². The van der Waals surface area contributed by atoms with Crippen LogP contribution in [0.2, 0.25) is 0 Å². The third-order valence-corrected chi connectivity index (χ3v) is 7.42. The molecule has 0 spiro atoms. The number of anilines is 1. The van der Waals surface area contributed by atoms with Gasteiger partial charge in [-0.25, -0.2) is 13.2 Å². The van der Waals surface area contributed by atoms with Gasteiger partial charge in [0.2, 0.25) is 0 Å². The topological polar surface area (TPSA) is 72.9 Å². The van der Waals surface area contributed by atoms with Crippen LogP contribution in [-0.4, -0.2) is 28.6 Å². The van der Waals surface area contributed by atoms with E-state index in [0.29, 0.717) is 16.9 Å². The summed E-state index contributed by atoms with van der Waals surface area (Å²) in [6.07, 6.45) is 2.77. The molecule has 0 amide bonds. The van der Waals surface area contributed by atoms with Crippen LogP contribution >= 0.6 is 0 Å². The lowest BCUT2D eigenvalue weighted by atomic mass is 10.0. The highest BCUT2D eigenvalue weighted by Crippen LogP contribution is 2.34. The van der Waals surface area contributed by atoms with Crippen molar-refractivity contribution in [2.75, 3.05) is 18.5 Å². The highest BCUT2D eigenvalue weighted by atomic mass is 32.2. The predicted molar refractivity (Wildman–Crippen MR) is 142 cm³/mol. The maximum absolute atomic E-state index is 14.0. The van der Waals surface area contributed by atoms with Gasteiger partial charge in [-0.15, -0.1) is 0 Å². The average Bonchev–Trinajstić information content (AvgIpc) is 2.90. The summed E-state index contributed by atoms with van der Waals surface area (Å²) in [5.41, 5.74) is 2.42. The highest BCUT2D eigenvalue weighted by Gasteiger charge is 2.31. The van der Waals surface area contributed by atoms with Gasteiger partial charge in [-0.05, 0) is 60.9 Å². The highest BCUT2D eigenvalue weighted by molar-refractivity contribution is 7.92. The van der Waals surface area contributed by atoms with Crippen molar-refractivity contribution in [2.24, 2.45) is 0 Å². The van der Waals surface area contributed by atoms with Gasteiger partial charge in [0.1, 0.15) is 5.75 Å². The van der Waals surface area contributed by atoms with Gasteiger partial charge in [0.25, 0.3) is 10.0 Å². The second kappa shape index (κ2) is 12.3. The van der Waals surface area contributed by atoms with Crippen LogP contribution in [0.25, 0.3) is 0 Å². The maximum Gasteiger partial charge on any atom is 0.340 e. The average molecular weight is 506 g/mol. The van der Waals surface area contributed by atoms with E-state index >= 15 is 0 Å². The minimum absolute atomic E-state index is 0.0293. The van der Waals surface area contributed by atoms with E-state index in [-0.39, 0.29) is 22.7 Å². The fourth-order valence-corrected chi connectivity index (χ4v) is 5.32. The Morgan fingerprint density at radius 3 is 2.31 bits per heavy atom. The van der Waals surface area contributed by atoms with Crippen molar-refractivity contribution in [3.63, 3.8) is 0 Å². The lowest BCUT2D eigenvalue weighted by molar-refractivity contribution is 0.0601. The van der Waals surface area contributed by atoms with Crippen LogP contribution in [0.5, 0.6) is 5.75 Å². The number of hydrogen-bond acceptors (Lipinski definition) is 5. The number of nitrogens with zero attached hydrogens (tertiary/aromatic N) is 1. The molecule has 0 aliphatic carbocycles. The SMILES string of the molecule is CCCCC#Cc1cc(C)c(N(Cc2ccccc2)S(=O)(=O)c2ccc(OC)cc2)c(C(=O)OC)c1. The first-order valence-corrected chi connectivity index (χ1v) is 13.2. The van der Waals surface area contributed by atoms with Crippen molar-refractivity contribution >= 4 is 21.7 Å². The van der Waals surface area contributed by atoms with Crippen molar-refractivity contribution in [1.29, 1.82) is 0 Å². The molecule has 0 N–H and O–H groups in total. The molecule has 6 nitrogen and oxygen atoms in total. The van der Waals surface area contributed by atoms with Crippen molar-refractivity contribution in [3.8, 4) is 17.6 Å². The number of carbonyl (C=O) groups is 1. The van der Waals surface area contributed by atoms with Crippen LogP contribution in [0.15, 0.2) is 71.6 Å². The summed E-state index contributed by atoms with van der Waals surface area (Å²) in [7, 11) is -1.27. The van der Waals surface area contributed by atoms with E-state index < -0.39 is 16.0 Å². The predicted octanol–water partition coefficient (Wildman–Crippen LogP) is 5.73. The number of benzene rings is 3. The number of unbranched alkanes of at least 4 members (excludes halogenated alkanes) is 2. The molecule has 0 heterocycles. The molecule has 3 aromatic rings. The van der Waals surface area contributed by atoms with Crippen LogP contribution in [0.4, 0.5) is 5.69 Å². The molecule has 0 atom stereocenters. The number of esters is 1. The summed E-state index contributed by atoms with van der Waals surface area (Å²) in [5, 5.41) is 0. The monoisotopic (exact) mass is 505 g/mol. The zero-order valence-electron chi connectivity index (χ0n) is 21.1. The normalized spacial score (nSPS) is 10.8. The number of hydrogen-bond donors (Lipinski definition) is 0. The molecule has 0 aromatic heterocycles. The smallest absolute Gasteiger partial charge is 0.340 e. The van der Waals surface area contributed by atoms with Crippen LogP contribution < -0.4 is 9.04 Å². The number of methoxy groups -OCH3 is 2. The van der Waals surface area contributed by atoms with Gasteiger partial charge in [0, 0.05) is 12.0 Å². The Morgan fingerprint density at radius 1 is 1.00 bits per heavy atom. The standard InChI is InChI=1S/C29H31NO5S/c1-5-6-7-9-14-24-19-22(2)28(27(20-24)29(31)35-4)30(21-23-12-10-8-11-13-23)36(32,33)26-17-15-25(34-3)16-18-26/h8,10-13,15-20H,5-7,21H2,1-4H3. The molecule has 0 aliphatic rings. The van der Waals surface area contributed by atoms with Crippen molar-refractivity contribution in [3.05, 3.63) is 89.0 Å². The third-order valence-electron chi connectivity index (χ3n) is 5.66. The summed E-state index contributed by atoms with van der Waals surface area (Å²) in [6, 6.07) is 18.8. The van der Waals surface area contributed by atoms with E-state index in [2.05, 4.69) is 18.8 Å². The Kier molecular flexibility index (Phi) is 9.15. The second-order valence-corrected chi connectivity index (χ2v) is 10.1. The first-order chi connectivity index (χ1) is 17.3. The van der Waals surface area contributed by atoms with Crippen LogP contribution in [-0.2, 0) is 21.3 Å². The molecule has 0 saturated heterocycles. The van der Waals surface area contributed by atoms with Crippen LogP contribution in [0, 0.1) is 18.8 Å². The van der Waals surface area contributed by atoms with Crippen LogP contribution in [0.1, 0.15) is 53.2 Å². The van der Waals surface area contributed by atoms with Gasteiger partial charge >= 0.3 is 5.97 Å². The first-order valence-electron chi connectivity index (χ1n) is 11.7. The lowest BCUT2D eigenvalue weighted by Crippen LogP contribution is -2.33. The molecule has 36 heavy (non-hydrogen) atoms. The molecule has 188 valence electrons. The Labute approximate surface area is 213 Å². The zero-order chi connectivity index (χ0) is 26.1. The number of aryl methyl sites for hydroxylation is 1. The third kappa shape index (κ3) is 6.27. The number of rotatable bonds is 9. The van der Waals surface area contributed by atoms with Gasteiger partial charge in [-0.3, -0.25) is 4.31 Å². The Morgan fingerprint density at radius 2 is 1.69 bits per heavy atom. The molecular formula is C29H31NO5S. The van der Waals surface area contributed by atoms with Gasteiger partial charge < -0.3 is 9.47 Å². The summed E-state index contributed by atoms with van der Waals surface area (Å²) in [4.78, 5) is 13.0. The van der Waals surface area contributed by atoms with Crippen molar-refractivity contribution < 1.29 is 22.7 Å². The Hall–Kier alpha value is -3.76. The fraction of sp³-hybridized carbons (Fsp3) is 0.276. The molecule has 0 bridgehead atoms. The van der Waals surface area contributed by atoms with E-state index in [0.717, 1.165) is 24.8 Å². The van der Waals surface area contributed by atoms with Crippen LogP contribution in [0.3, 0.4) is 0 Å². The zero-order valence-corrected chi connectivity index (χ0v) is 21.9. The van der Waals surface area contributed by atoms with E-state index in [4.69, 9.17) is 9.47 Å². The Balaban J connectivity index is 2.21. The van der Waals surface area contributed by atoms with Crippen molar-refractivity contribution in [2.45, 2.75) is 44.6 Å². The molecule has 0 radical (unpaired) electrons. The molecule has 0 fully saturated rings. The summed E-state index contributed by atoms with van der Waals surface area (Å²) in [6.45, 7) is 3.91. The number of carbonyl (C=O) groups excluding carboxylic acids is 1. The summed E-state index contributed by atoms with van der Waals surface area (Å²) >= 11 is 0. The second-order valence-electron chi connectivity index (χ2n) is 8.26.